The summed E-state index contributed by atoms with van der Waals surface area (Å²) in [6.45, 7) is 0. The SMILES string of the molecule is CN(C)c1ccc(-c2cccc(-c3ccn[nH]3)c2)nn1. The average molecular weight is 265 g/mol. The standard InChI is InChI=1S/C15H15N5/c1-20(2)15-7-6-13(18-19-15)11-4-3-5-12(10-11)14-8-9-16-17-14/h3-10H,1-2H3,(H,16,17). The Morgan fingerprint density at radius 2 is 1.80 bits per heavy atom. The maximum atomic E-state index is 4.28. The quantitative estimate of drug-likeness (QED) is 0.790. The fourth-order valence-corrected chi connectivity index (χ4v) is 1.98. The number of aromatic nitrogens is 4. The minimum absolute atomic E-state index is 0.846. The van der Waals surface area contributed by atoms with Crippen LogP contribution in [0, 0.1) is 0 Å². The fraction of sp³-hybridized carbons (Fsp3) is 0.133. The smallest absolute Gasteiger partial charge is 0.150 e. The van der Waals surface area contributed by atoms with E-state index in [1.165, 1.54) is 0 Å². The molecule has 0 atom stereocenters. The molecule has 0 aliphatic heterocycles. The van der Waals surface area contributed by atoms with Gasteiger partial charge in [0.05, 0.1) is 11.4 Å². The molecule has 2 aromatic heterocycles. The van der Waals surface area contributed by atoms with Crippen molar-refractivity contribution in [1.29, 1.82) is 0 Å². The van der Waals surface area contributed by atoms with Crippen LogP contribution < -0.4 is 4.90 Å². The van der Waals surface area contributed by atoms with Crippen molar-refractivity contribution in [2.75, 3.05) is 19.0 Å². The lowest BCUT2D eigenvalue weighted by atomic mass is 10.1. The molecule has 0 amide bonds. The van der Waals surface area contributed by atoms with Gasteiger partial charge in [-0.2, -0.15) is 5.10 Å². The third-order valence-electron chi connectivity index (χ3n) is 3.08. The molecule has 3 aromatic rings. The van der Waals surface area contributed by atoms with Gasteiger partial charge in [-0.3, -0.25) is 5.10 Å². The Balaban J connectivity index is 1.96. The Morgan fingerprint density at radius 3 is 2.45 bits per heavy atom. The van der Waals surface area contributed by atoms with E-state index >= 15 is 0 Å². The van der Waals surface area contributed by atoms with Gasteiger partial charge in [-0.1, -0.05) is 18.2 Å². The van der Waals surface area contributed by atoms with Crippen molar-refractivity contribution in [2.45, 2.75) is 0 Å². The molecule has 100 valence electrons. The third kappa shape index (κ3) is 2.38. The Hall–Kier alpha value is -2.69. The van der Waals surface area contributed by atoms with Gasteiger partial charge in [0.15, 0.2) is 5.82 Å². The highest BCUT2D eigenvalue weighted by atomic mass is 15.2. The van der Waals surface area contributed by atoms with Crippen LogP contribution in [0.25, 0.3) is 22.5 Å². The summed E-state index contributed by atoms with van der Waals surface area (Å²) in [7, 11) is 3.89. The number of nitrogens with zero attached hydrogens (tertiary/aromatic N) is 4. The number of H-pyrrole nitrogens is 1. The molecule has 0 fully saturated rings. The van der Waals surface area contributed by atoms with E-state index in [1.807, 2.05) is 55.4 Å². The molecule has 0 bridgehead atoms. The number of aromatic amines is 1. The minimum atomic E-state index is 0.846. The molecule has 2 heterocycles. The summed E-state index contributed by atoms with van der Waals surface area (Å²) in [5.74, 6) is 0.846. The minimum Gasteiger partial charge on any atom is -0.361 e. The van der Waals surface area contributed by atoms with E-state index in [4.69, 9.17) is 0 Å². The largest absolute Gasteiger partial charge is 0.361 e. The van der Waals surface area contributed by atoms with E-state index in [2.05, 4.69) is 26.5 Å². The van der Waals surface area contributed by atoms with E-state index in [-0.39, 0.29) is 0 Å². The zero-order chi connectivity index (χ0) is 13.9. The molecule has 0 aliphatic carbocycles. The first-order valence-electron chi connectivity index (χ1n) is 6.35. The molecule has 5 nitrogen and oxygen atoms in total. The van der Waals surface area contributed by atoms with Crippen LogP contribution in [0.3, 0.4) is 0 Å². The maximum Gasteiger partial charge on any atom is 0.150 e. The monoisotopic (exact) mass is 265 g/mol. The van der Waals surface area contributed by atoms with Crippen molar-refractivity contribution < 1.29 is 0 Å². The molecule has 0 unspecified atom stereocenters. The van der Waals surface area contributed by atoms with E-state index in [1.54, 1.807) is 6.20 Å². The highest BCUT2D eigenvalue weighted by Crippen LogP contribution is 2.24. The van der Waals surface area contributed by atoms with Gasteiger partial charge >= 0.3 is 0 Å². The van der Waals surface area contributed by atoms with Crippen LogP contribution in [0.2, 0.25) is 0 Å². The van der Waals surface area contributed by atoms with Gasteiger partial charge < -0.3 is 4.90 Å². The average Bonchev–Trinajstić information content (AvgIpc) is 3.02. The first-order chi connectivity index (χ1) is 9.74. The molecule has 5 heteroatoms. The van der Waals surface area contributed by atoms with Crippen molar-refractivity contribution in [3.05, 3.63) is 48.7 Å². The van der Waals surface area contributed by atoms with Gasteiger partial charge in [-0.15, -0.1) is 10.2 Å². The molecule has 0 saturated carbocycles. The van der Waals surface area contributed by atoms with Crippen molar-refractivity contribution in [3.8, 4) is 22.5 Å². The third-order valence-corrected chi connectivity index (χ3v) is 3.08. The summed E-state index contributed by atoms with van der Waals surface area (Å²) in [5, 5.41) is 15.4. The highest BCUT2D eigenvalue weighted by Gasteiger charge is 2.05. The van der Waals surface area contributed by atoms with Crippen molar-refractivity contribution in [1.82, 2.24) is 20.4 Å². The molecule has 1 aromatic carbocycles. The molecular weight excluding hydrogens is 250 g/mol. The molecule has 0 radical (unpaired) electrons. The number of nitrogens with one attached hydrogen (secondary N) is 1. The second kappa shape index (κ2) is 5.13. The van der Waals surface area contributed by atoms with Crippen LogP contribution in [-0.4, -0.2) is 34.5 Å². The number of anilines is 1. The van der Waals surface area contributed by atoms with E-state index in [0.29, 0.717) is 0 Å². The lowest BCUT2D eigenvalue weighted by Crippen LogP contribution is -2.11. The molecule has 3 rings (SSSR count). The predicted molar refractivity (Wildman–Crippen MR) is 79.4 cm³/mol. The number of rotatable bonds is 3. The first-order valence-corrected chi connectivity index (χ1v) is 6.35. The molecule has 1 N–H and O–H groups in total. The lowest BCUT2D eigenvalue weighted by molar-refractivity contribution is 0.969. The van der Waals surface area contributed by atoms with Crippen LogP contribution in [0.5, 0.6) is 0 Å². The topological polar surface area (TPSA) is 57.7 Å². The van der Waals surface area contributed by atoms with Crippen molar-refractivity contribution in [3.63, 3.8) is 0 Å². The van der Waals surface area contributed by atoms with Crippen molar-refractivity contribution in [2.24, 2.45) is 0 Å². The first kappa shape index (κ1) is 12.3. The van der Waals surface area contributed by atoms with E-state index in [9.17, 15) is 0 Å². The summed E-state index contributed by atoms with van der Waals surface area (Å²) in [6, 6.07) is 14.0. The Morgan fingerprint density at radius 1 is 0.950 bits per heavy atom. The molecule has 0 aliphatic rings. The summed E-state index contributed by atoms with van der Waals surface area (Å²) in [4.78, 5) is 1.93. The maximum absolute atomic E-state index is 4.28. The van der Waals surface area contributed by atoms with Gasteiger partial charge in [0.25, 0.3) is 0 Å². The van der Waals surface area contributed by atoms with E-state index < -0.39 is 0 Å². The number of benzene rings is 1. The summed E-state index contributed by atoms with van der Waals surface area (Å²) in [5.41, 5.74) is 3.97. The molecule has 0 saturated heterocycles. The Kier molecular flexibility index (Phi) is 3.16. The predicted octanol–water partition coefficient (Wildman–Crippen LogP) is 2.60. The van der Waals surface area contributed by atoms with Crippen LogP contribution in [0.4, 0.5) is 5.82 Å². The summed E-state index contributed by atoms with van der Waals surface area (Å²) >= 11 is 0. The van der Waals surface area contributed by atoms with Crippen LogP contribution in [-0.2, 0) is 0 Å². The molecular formula is C15H15N5. The number of hydrogen-bond donors (Lipinski definition) is 1. The molecule has 20 heavy (non-hydrogen) atoms. The summed E-state index contributed by atoms with van der Waals surface area (Å²) < 4.78 is 0. The highest BCUT2D eigenvalue weighted by molar-refractivity contribution is 5.69. The lowest BCUT2D eigenvalue weighted by Gasteiger charge is -2.10. The Bertz CT molecular complexity index is 687. The normalized spacial score (nSPS) is 10.5. The van der Waals surface area contributed by atoms with Gasteiger partial charge in [0.2, 0.25) is 0 Å². The van der Waals surface area contributed by atoms with Gasteiger partial charge in [0.1, 0.15) is 0 Å². The Labute approximate surface area is 117 Å². The second-order valence-electron chi connectivity index (χ2n) is 4.72. The van der Waals surface area contributed by atoms with Gasteiger partial charge in [-0.25, -0.2) is 0 Å². The number of hydrogen-bond acceptors (Lipinski definition) is 4. The fourth-order valence-electron chi connectivity index (χ4n) is 1.98. The van der Waals surface area contributed by atoms with Gasteiger partial charge in [-0.05, 0) is 24.3 Å². The van der Waals surface area contributed by atoms with Gasteiger partial charge in [0, 0.05) is 31.4 Å². The van der Waals surface area contributed by atoms with Crippen LogP contribution in [0.15, 0.2) is 48.7 Å². The van der Waals surface area contributed by atoms with E-state index in [0.717, 1.165) is 28.3 Å². The van der Waals surface area contributed by atoms with Crippen molar-refractivity contribution >= 4 is 5.82 Å². The zero-order valence-corrected chi connectivity index (χ0v) is 11.4. The van der Waals surface area contributed by atoms with Crippen LogP contribution in [0.1, 0.15) is 0 Å². The second-order valence-corrected chi connectivity index (χ2v) is 4.72. The zero-order valence-electron chi connectivity index (χ0n) is 11.4. The molecule has 0 spiro atoms. The summed E-state index contributed by atoms with van der Waals surface area (Å²) in [6.07, 6.45) is 1.74. The van der Waals surface area contributed by atoms with Crippen LogP contribution >= 0.6 is 0 Å².